The lowest BCUT2D eigenvalue weighted by Gasteiger charge is -2.25. The first-order valence-electron chi connectivity index (χ1n) is 6.31. The highest BCUT2D eigenvalue weighted by Crippen LogP contribution is 2.22. The average Bonchev–Trinajstić information content (AvgIpc) is 2.80. The van der Waals surface area contributed by atoms with Gasteiger partial charge in [0.1, 0.15) is 17.3 Å². The van der Waals surface area contributed by atoms with Crippen LogP contribution >= 0.6 is 0 Å². The largest absolute Gasteiger partial charge is 0.465 e. The van der Waals surface area contributed by atoms with Crippen molar-refractivity contribution in [1.29, 1.82) is 0 Å². The van der Waals surface area contributed by atoms with E-state index in [1.54, 1.807) is 12.1 Å². The van der Waals surface area contributed by atoms with E-state index in [2.05, 4.69) is 4.90 Å². The van der Waals surface area contributed by atoms with Crippen LogP contribution in [0.2, 0.25) is 0 Å². The predicted molar refractivity (Wildman–Crippen MR) is 73.1 cm³/mol. The molecule has 3 nitrogen and oxygen atoms in total. The molecule has 1 aromatic heterocycles. The Morgan fingerprint density at radius 2 is 1.89 bits per heavy atom. The lowest BCUT2D eigenvalue weighted by molar-refractivity contribution is 0.211. The monoisotopic (exact) mass is 262 g/mol. The first kappa shape index (κ1) is 13.8. The molecular weight excluding hydrogens is 243 g/mol. The van der Waals surface area contributed by atoms with E-state index in [1.165, 1.54) is 12.1 Å². The molecule has 0 saturated carbocycles. The van der Waals surface area contributed by atoms with Gasteiger partial charge in [-0.25, -0.2) is 4.39 Å². The van der Waals surface area contributed by atoms with Gasteiger partial charge in [0.15, 0.2) is 0 Å². The van der Waals surface area contributed by atoms with Crippen molar-refractivity contribution in [3.05, 3.63) is 59.3 Å². The van der Waals surface area contributed by atoms with Crippen molar-refractivity contribution in [3.63, 3.8) is 0 Å². The van der Waals surface area contributed by atoms with Crippen LogP contribution in [0.15, 0.2) is 40.8 Å². The van der Waals surface area contributed by atoms with Gasteiger partial charge in [-0.1, -0.05) is 12.1 Å². The number of nitrogens with two attached hydrogens (primary N) is 1. The van der Waals surface area contributed by atoms with Gasteiger partial charge in [-0.05, 0) is 43.8 Å². The number of benzene rings is 1. The van der Waals surface area contributed by atoms with Crippen molar-refractivity contribution < 1.29 is 8.81 Å². The minimum Gasteiger partial charge on any atom is -0.465 e. The van der Waals surface area contributed by atoms with Gasteiger partial charge in [0.05, 0.1) is 6.04 Å². The summed E-state index contributed by atoms with van der Waals surface area (Å²) in [6, 6.07) is 10.4. The highest BCUT2D eigenvalue weighted by Gasteiger charge is 2.18. The number of aryl methyl sites for hydroxylation is 1. The van der Waals surface area contributed by atoms with Crippen molar-refractivity contribution >= 4 is 0 Å². The number of nitrogens with zero attached hydrogens (tertiary/aromatic N) is 1. The molecule has 0 spiro atoms. The van der Waals surface area contributed by atoms with Crippen molar-refractivity contribution in [2.24, 2.45) is 5.73 Å². The van der Waals surface area contributed by atoms with Crippen LogP contribution in [0.3, 0.4) is 0 Å². The van der Waals surface area contributed by atoms with Gasteiger partial charge in [0.2, 0.25) is 0 Å². The summed E-state index contributed by atoms with van der Waals surface area (Å²) < 4.78 is 18.5. The van der Waals surface area contributed by atoms with Crippen LogP contribution in [0.25, 0.3) is 0 Å². The summed E-state index contributed by atoms with van der Waals surface area (Å²) >= 11 is 0. The number of hydrogen-bond donors (Lipinski definition) is 1. The van der Waals surface area contributed by atoms with Crippen LogP contribution in [0, 0.1) is 12.7 Å². The SMILES string of the molecule is Cc1ccc(C(CN)N(C)Cc2ccc(F)cc2)o1. The van der Waals surface area contributed by atoms with Gasteiger partial charge < -0.3 is 10.2 Å². The smallest absolute Gasteiger partial charge is 0.123 e. The first-order valence-corrected chi connectivity index (χ1v) is 6.31. The van der Waals surface area contributed by atoms with E-state index in [9.17, 15) is 4.39 Å². The zero-order valence-corrected chi connectivity index (χ0v) is 11.3. The topological polar surface area (TPSA) is 42.4 Å². The quantitative estimate of drug-likeness (QED) is 0.901. The summed E-state index contributed by atoms with van der Waals surface area (Å²) in [5.41, 5.74) is 6.88. The van der Waals surface area contributed by atoms with Gasteiger partial charge in [0, 0.05) is 13.1 Å². The fourth-order valence-corrected chi connectivity index (χ4v) is 2.13. The predicted octanol–water partition coefficient (Wildman–Crippen LogP) is 2.86. The molecule has 4 heteroatoms. The number of furan rings is 1. The first-order chi connectivity index (χ1) is 9.10. The summed E-state index contributed by atoms with van der Waals surface area (Å²) in [6.45, 7) is 3.09. The Labute approximate surface area is 112 Å². The van der Waals surface area contributed by atoms with E-state index >= 15 is 0 Å². The molecule has 2 rings (SSSR count). The molecule has 1 heterocycles. The van der Waals surface area contributed by atoms with Crippen LogP contribution in [0.1, 0.15) is 23.1 Å². The molecule has 1 unspecified atom stereocenters. The van der Waals surface area contributed by atoms with Crippen molar-refractivity contribution in [2.45, 2.75) is 19.5 Å². The molecule has 0 aliphatic carbocycles. The van der Waals surface area contributed by atoms with Crippen molar-refractivity contribution in [2.75, 3.05) is 13.6 Å². The molecule has 19 heavy (non-hydrogen) atoms. The molecule has 2 N–H and O–H groups in total. The number of halogens is 1. The fraction of sp³-hybridized carbons (Fsp3) is 0.333. The molecule has 1 aromatic carbocycles. The highest BCUT2D eigenvalue weighted by atomic mass is 19.1. The minimum atomic E-state index is -0.219. The summed E-state index contributed by atoms with van der Waals surface area (Å²) in [6.07, 6.45) is 0. The minimum absolute atomic E-state index is 0.0266. The van der Waals surface area contributed by atoms with E-state index < -0.39 is 0 Å². The lowest BCUT2D eigenvalue weighted by Crippen LogP contribution is -2.29. The molecule has 1 atom stereocenters. The zero-order valence-electron chi connectivity index (χ0n) is 11.3. The summed E-state index contributed by atoms with van der Waals surface area (Å²) in [7, 11) is 1.98. The van der Waals surface area contributed by atoms with E-state index in [0.717, 1.165) is 17.1 Å². The molecule has 0 bridgehead atoms. The number of hydrogen-bond acceptors (Lipinski definition) is 3. The van der Waals surface area contributed by atoms with Crippen molar-refractivity contribution in [3.8, 4) is 0 Å². The molecule has 0 radical (unpaired) electrons. The Balaban J connectivity index is 2.08. The van der Waals surface area contributed by atoms with E-state index in [4.69, 9.17) is 10.2 Å². The molecule has 0 fully saturated rings. The van der Waals surface area contributed by atoms with Gasteiger partial charge >= 0.3 is 0 Å². The summed E-state index contributed by atoms with van der Waals surface area (Å²) in [4.78, 5) is 2.10. The molecular formula is C15H19FN2O. The highest BCUT2D eigenvalue weighted by molar-refractivity contribution is 5.17. The van der Waals surface area contributed by atoms with Gasteiger partial charge in [-0.3, -0.25) is 4.90 Å². The van der Waals surface area contributed by atoms with Crippen LogP contribution < -0.4 is 5.73 Å². The molecule has 0 amide bonds. The Bertz CT molecular complexity index is 521. The number of likely N-dealkylation sites (N-methyl/N-ethyl adjacent to an activating group) is 1. The molecule has 0 saturated heterocycles. The third-order valence-electron chi connectivity index (χ3n) is 3.19. The Kier molecular flexibility index (Phi) is 4.35. The van der Waals surface area contributed by atoms with E-state index in [-0.39, 0.29) is 11.9 Å². The maximum Gasteiger partial charge on any atom is 0.123 e. The summed E-state index contributed by atoms with van der Waals surface area (Å²) in [5.74, 6) is 1.52. The maximum atomic E-state index is 12.9. The van der Waals surface area contributed by atoms with Crippen LogP contribution in [0.4, 0.5) is 4.39 Å². The Hall–Kier alpha value is -1.65. The molecule has 0 aliphatic rings. The van der Waals surface area contributed by atoms with Crippen molar-refractivity contribution in [1.82, 2.24) is 4.90 Å². The van der Waals surface area contributed by atoms with Gasteiger partial charge in [-0.15, -0.1) is 0 Å². The Morgan fingerprint density at radius 1 is 1.21 bits per heavy atom. The standard InChI is InChI=1S/C15H19FN2O/c1-11-3-8-15(19-11)14(9-17)18(2)10-12-4-6-13(16)7-5-12/h3-8,14H,9-10,17H2,1-2H3. The van der Waals surface area contributed by atoms with Crippen LogP contribution in [-0.4, -0.2) is 18.5 Å². The average molecular weight is 262 g/mol. The lowest BCUT2D eigenvalue weighted by atomic mass is 10.1. The normalized spacial score (nSPS) is 12.9. The molecule has 2 aromatic rings. The van der Waals surface area contributed by atoms with Crippen LogP contribution in [0.5, 0.6) is 0 Å². The van der Waals surface area contributed by atoms with E-state index in [1.807, 2.05) is 26.1 Å². The molecule has 102 valence electrons. The second-order valence-corrected chi connectivity index (χ2v) is 4.74. The second kappa shape index (κ2) is 5.99. The zero-order chi connectivity index (χ0) is 13.8. The third kappa shape index (κ3) is 3.43. The third-order valence-corrected chi connectivity index (χ3v) is 3.19. The fourth-order valence-electron chi connectivity index (χ4n) is 2.13. The summed E-state index contributed by atoms with van der Waals surface area (Å²) in [5, 5.41) is 0. The van der Waals surface area contributed by atoms with E-state index in [0.29, 0.717) is 13.1 Å². The van der Waals surface area contributed by atoms with Crippen LogP contribution in [-0.2, 0) is 6.54 Å². The van der Waals surface area contributed by atoms with Gasteiger partial charge in [-0.2, -0.15) is 0 Å². The maximum absolute atomic E-state index is 12.9. The van der Waals surface area contributed by atoms with Gasteiger partial charge in [0.25, 0.3) is 0 Å². The molecule has 0 aliphatic heterocycles. The number of rotatable bonds is 5. The second-order valence-electron chi connectivity index (χ2n) is 4.74. The Morgan fingerprint density at radius 3 is 2.42 bits per heavy atom.